The summed E-state index contributed by atoms with van der Waals surface area (Å²) < 4.78 is 11.0. The molecule has 2 aromatic carbocycles. The van der Waals surface area contributed by atoms with E-state index >= 15 is 0 Å². The van der Waals surface area contributed by atoms with Gasteiger partial charge in [0, 0.05) is 23.2 Å². The van der Waals surface area contributed by atoms with Crippen molar-refractivity contribution >= 4 is 11.6 Å². The van der Waals surface area contributed by atoms with E-state index in [1.54, 1.807) is 18.2 Å². The van der Waals surface area contributed by atoms with Gasteiger partial charge in [0.25, 0.3) is 0 Å². The molecule has 0 saturated heterocycles. The minimum absolute atomic E-state index is 0.0988. The first-order valence-corrected chi connectivity index (χ1v) is 8.25. The van der Waals surface area contributed by atoms with Crippen molar-refractivity contribution in [2.75, 3.05) is 18.5 Å². The van der Waals surface area contributed by atoms with Crippen molar-refractivity contribution in [3.8, 4) is 23.3 Å². The lowest BCUT2D eigenvalue weighted by molar-refractivity contribution is -0.111. The number of rotatable bonds is 1. The molecule has 0 bridgehead atoms. The van der Waals surface area contributed by atoms with Crippen LogP contribution in [0.1, 0.15) is 31.9 Å². The van der Waals surface area contributed by atoms with Crippen LogP contribution in [0.5, 0.6) is 11.5 Å². The first-order chi connectivity index (χ1) is 11.9. The van der Waals surface area contributed by atoms with Crippen LogP contribution in [0.25, 0.3) is 0 Å². The number of hydrogen-bond acceptors (Lipinski definition) is 3. The van der Waals surface area contributed by atoms with Gasteiger partial charge in [-0.2, -0.15) is 0 Å². The van der Waals surface area contributed by atoms with E-state index in [9.17, 15) is 4.79 Å². The Morgan fingerprint density at radius 2 is 1.68 bits per heavy atom. The van der Waals surface area contributed by atoms with Gasteiger partial charge in [0.05, 0.1) is 0 Å². The van der Waals surface area contributed by atoms with Gasteiger partial charge in [-0.15, -0.1) is 0 Å². The Hall–Kier alpha value is -2.93. The van der Waals surface area contributed by atoms with Gasteiger partial charge in [-0.3, -0.25) is 4.79 Å². The predicted molar refractivity (Wildman–Crippen MR) is 98.1 cm³/mol. The first kappa shape index (κ1) is 16.9. The summed E-state index contributed by atoms with van der Waals surface area (Å²) in [6, 6.07) is 13.3. The van der Waals surface area contributed by atoms with Gasteiger partial charge >= 0.3 is 5.91 Å². The van der Waals surface area contributed by atoms with Crippen LogP contribution in [0, 0.1) is 11.8 Å². The first-order valence-electron chi connectivity index (χ1n) is 8.25. The van der Waals surface area contributed by atoms with Crippen molar-refractivity contribution in [1.29, 1.82) is 0 Å². The number of carbonyl (C=O) groups excluding carboxylic acids is 1. The van der Waals surface area contributed by atoms with Gasteiger partial charge in [-0.1, -0.05) is 38.8 Å². The number of ether oxygens (including phenoxy) is 2. The molecule has 4 heteroatoms. The molecule has 2 aromatic rings. The van der Waals surface area contributed by atoms with Gasteiger partial charge in [0.15, 0.2) is 11.5 Å². The Bertz CT molecular complexity index is 836. The second-order valence-corrected chi connectivity index (χ2v) is 6.89. The predicted octanol–water partition coefficient (Wildman–Crippen LogP) is 3.75. The smallest absolute Gasteiger partial charge is 0.300 e. The number of anilines is 1. The molecule has 0 fully saturated rings. The van der Waals surface area contributed by atoms with E-state index in [4.69, 9.17) is 9.47 Å². The molecule has 0 aromatic heterocycles. The van der Waals surface area contributed by atoms with Crippen LogP contribution in [-0.2, 0) is 10.2 Å². The normalized spacial score (nSPS) is 12.8. The van der Waals surface area contributed by atoms with Crippen LogP contribution >= 0.6 is 0 Å². The van der Waals surface area contributed by atoms with Crippen LogP contribution in [0.4, 0.5) is 5.69 Å². The second-order valence-electron chi connectivity index (χ2n) is 6.89. The molecule has 4 nitrogen and oxygen atoms in total. The van der Waals surface area contributed by atoms with E-state index in [0.717, 1.165) is 5.56 Å². The average Bonchev–Trinajstić information content (AvgIpc) is 2.59. The van der Waals surface area contributed by atoms with E-state index in [0.29, 0.717) is 30.4 Å². The highest BCUT2D eigenvalue weighted by Gasteiger charge is 2.13. The highest BCUT2D eigenvalue weighted by atomic mass is 16.6. The number of carbonyl (C=O) groups is 1. The summed E-state index contributed by atoms with van der Waals surface area (Å²) in [6.45, 7) is 7.53. The lowest BCUT2D eigenvalue weighted by Crippen LogP contribution is -2.16. The van der Waals surface area contributed by atoms with Gasteiger partial charge in [0.1, 0.15) is 13.2 Å². The molecule has 0 aliphatic carbocycles. The van der Waals surface area contributed by atoms with E-state index in [-0.39, 0.29) is 11.3 Å². The molecule has 0 radical (unpaired) electrons. The van der Waals surface area contributed by atoms with Crippen LogP contribution in [-0.4, -0.2) is 19.1 Å². The number of benzene rings is 2. The molecular weight excluding hydrogens is 314 g/mol. The number of amides is 1. The molecule has 1 aliphatic rings. The topological polar surface area (TPSA) is 47.6 Å². The summed E-state index contributed by atoms with van der Waals surface area (Å²) in [5, 5.41) is 2.75. The molecule has 3 rings (SSSR count). The Morgan fingerprint density at radius 3 is 2.36 bits per heavy atom. The molecule has 0 atom stereocenters. The minimum atomic E-state index is -0.364. The minimum Gasteiger partial charge on any atom is -0.486 e. The molecule has 0 spiro atoms. The largest absolute Gasteiger partial charge is 0.486 e. The van der Waals surface area contributed by atoms with E-state index < -0.39 is 0 Å². The Morgan fingerprint density at radius 1 is 1.00 bits per heavy atom. The van der Waals surface area contributed by atoms with E-state index in [1.165, 1.54) is 5.56 Å². The molecule has 25 heavy (non-hydrogen) atoms. The standard InChI is InChI=1S/C21H21NO3/c1-21(2,3)16-7-4-15(5-8-16)6-11-20(23)22-17-9-10-18-19(14-17)25-13-12-24-18/h4-5,7-10,14H,12-13H2,1-3H3,(H,22,23). The zero-order valence-electron chi connectivity index (χ0n) is 14.7. The number of hydrogen-bond donors (Lipinski definition) is 1. The highest BCUT2D eigenvalue weighted by molar-refractivity contribution is 6.04. The lowest BCUT2D eigenvalue weighted by atomic mass is 9.87. The molecule has 0 unspecified atom stereocenters. The molecule has 128 valence electrons. The summed E-state index contributed by atoms with van der Waals surface area (Å²) in [4.78, 5) is 12.0. The third-order valence-electron chi connectivity index (χ3n) is 3.87. The van der Waals surface area contributed by atoms with Crippen molar-refractivity contribution in [2.45, 2.75) is 26.2 Å². The van der Waals surface area contributed by atoms with Gasteiger partial charge < -0.3 is 14.8 Å². The van der Waals surface area contributed by atoms with Crippen LogP contribution in [0.3, 0.4) is 0 Å². The van der Waals surface area contributed by atoms with Crippen molar-refractivity contribution < 1.29 is 14.3 Å². The zero-order valence-corrected chi connectivity index (χ0v) is 14.7. The quantitative estimate of drug-likeness (QED) is 0.808. The summed E-state index contributed by atoms with van der Waals surface area (Å²) in [6.07, 6.45) is 0. The van der Waals surface area contributed by atoms with E-state index in [1.807, 2.05) is 24.3 Å². The average molecular weight is 335 g/mol. The summed E-state index contributed by atoms with van der Waals surface area (Å²) >= 11 is 0. The Labute approximate surface area is 148 Å². The van der Waals surface area contributed by atoms with Crippen LogP contribution in [0.15, 0.2) is 42.5 Å². The van der Waals surface area contributed by atoms with Crippen molar-refractivity contribution in [3.63, 3.8) is 0 Å². The Balaban J connectivity index is 1.66. The van der Waals surface area contributed by atoms with Crippen molar-refractivity contribution in [3.05, 3.63) is 53.6 Å². The Kier molecular flexibility index (Phi) is 4.67. The monoisotopic (exact) mass is 335 g/mol. The highest BCUT2D eigenvalue weighted by Crippen LogP contribution is 2.32. The zero-order chi connectivity index (χ0) is 17.9. The fraction of sp³-hybridized carbons (Fsp3) is 0.286. The molecule has 0 saturated carbocycles. The second kappa shape index (κ2) is 6.90. The van der Waals surface area contributed by atoms with Crippen molar-refractivity contribution in [1.82, 2.24) is 0 Å². The van der Waals surface area contributed by atoms with Gasteiger partial charge in [-0.25, -0.2) is 0 Å². The number of fused-ring (bicyclic) bond motifs is 1. The van der Waals surface area contributed by atoms with Gasteiger partial charge in [-0.05, 0) is 35.2 Å². The molecule has 1 heterocycles. The summed E-state index contributed by atoms with van der Waals surface area (Å²) in [5.74, 6) is 6.46. The third-order valence-corrected chi connectivity index (χ3v) is 3.87. The van der Waals surface area contributed by atoms with E-state index in [2.05, 4.69) is 37.9 Å². The fourth-order valence-electron chi connectivity index (χ4n) is 2.47. The molecule has 1 amide bonds. The third kappa shape index (κ3) is 4.33. The SMILES string of the molecule is CC(C)(C)c1ccc(C#CC(=O)Nc2ccc3c(c2)OCCO3)cc1. The maximum Gasteiger partial charge on any atom is 0.300 e. The maximum absolute atomic E-state index is 12.0. The molecule has 1 aliphatic heterocycles. The lowest BCUT2D eigenvalue weighted by Gasteiger charge is -2.18. The van der Waals surface area contributed by atoms with Crippen LogP contribution < -0.4 is 14.8 Å². The fourth-order valence-corrected chi connectivity index (χ4v) is 2.47. The summed E-state index contributed by atoms with van der Waals surface area (Å²) in [5.41, 5.74) is 2.78. The van der Waals surface area contributed by atoms with Gasteiger partial charge in [0.2, 0.25) is 0 Å². The van der Waals surface area contributed by atoms with Crippen molar-refractivity contribution in [2.24, 2.45) is 0 Å². The van der Waals surface area contributed by atoms with Crippen LogP contribution in [0.2, 0.25) is 0 Å². The molecule has 1 N–H and O–H groups in total. The summed E-state index contributed by atoms with van der Waals surface area (Å²) in [7, 11) is 0. The number of nitrogens with one attached hydrogen (secondary N) is 1. The maximum atomic E-state index is 12.0. The molecular formula is C21H21NO3.